The van der Waals surface area contributed by atoms with Crippen molar-refractivity contribution in [2.24, 2.45) is 0 Å². The molecule has 0 atom stereocenters. The molecule has 1 aliphatic heterocycles. The van der Waals surface area contributed by atoms with Crippen molar-refractivity contribution in [1.82, 2.24) is 19.8 Å². The molecule has 0 aliphatic carbocycles. The number of aromatic nitrogens is 2. The Morgan fingerprint density at radius 3 is 2.36 bits per heavy atom. The first-order valence-electron chi connectivity index (χ1n) is 11.5. The van der Waals surface area contributed by atoms with E-state index in [4.69, 9.17) is 0 Å². The normalized spacial score (nSPS) is 15.6. The molecular formula is C23H28F3N5O4S. The number of unbranched alkanes of at least 4 members (excludes halogenated alkanes) is 2. The van der Waals surface area contributed by atoms with Gasteiger partial charge in [0, 0.05) is 25.2 Å². The van der Waals surface area contributed by atoms with Gasteiger partial charge < -0.3 is 4.57 Å². The number of aryl methyl sites for hydroxylation is 1. The van der Waals surface area contributed by atoms with Crippen LogP contribution in [0, 0.1) is 0 Å². The SMILES string of the molecule is CCCCc1ncc(/C=C2\C(=O)NC(=O)N2CCCC)n1Cc1ccc(NS(=O)(=O)C(F)(F)F)cc1. The number of hydrogen-bond acceptors (Lipinski definition) is 5. The van der Waals surface area contributed by atoms with Crippen molar-refractivity contribution in [3.8, 4) is 0 Å². The minimum atomic E-state index is -5.52. The van der Waals surface area contributed by atoms with Gasteiger partial charge in [-0.15, -0.1) is 0 Å². The molecule has 3 amide bonds. The van der Waals surface area contributed by atoms with Gasteiger partial charge in [0.1, 0.15) is 11.5 Å². The molecule has 2 aromatic rings. The van der Waals surface area contributed by atoms with Crippen LogP contribution in [0.2, 0.25) is 0 Å². The number of imidazole rings is 1. The Balaban J connectivity index is 1.90. The number of sulfonamides is 1. The van der Waals surface area contributed by atoms with Crippen molar-refractivity contribution >= 4 is 33.7 Å². The van der Waals surface area contributed by atoms with E-state index in [9.17, 15) is 31.2 Å². The lowest BCUT2D eigenvalue weighted by molar-refractivity contribution is -0.116. The maximum Gasteiger partial charge on any atom is 0.516 e. The van der Waals surface area contributed by atoms with Crippen molar-refractivity contribution < 1.29 is 31.2 Å². The highest BCUT2D eigenvalue weighted by molar-refractivity contribution is 7.93. The topological polar surface area (TPSA) is 113 Å². The van der Waals surface area contributed by atoms with E-state index in [1.54, 1.807) is 12.3 Å². The van der Waals surface area contributed by atoms with Crippen LogP contribution in [0.5, 0.6) is 0 Å². The van der Waals surface area contributed by atoms with Crippen LogP contribution in [-0.2, 0) is 27.8 Å². The Hall–Kier alpha value is -3.35. The zero-order valence-electron chi connectivity index (χ0n) is 19.9. The summed E-state index contributed by atoms with van der Waals surface area (Å²) in [5.41, 5.74) is -4.16. The van der Waals surface area contributed by atoms with Gasteiger partial charge in [-0.1, -0.05) is 38.8 Å². The molecule has 0 bridgehead atoms. The second-order valence-electron chi connectivity index (χ2n) is 8.33. The molecule has 0 unspecified atom stereocenters. The van der Waals surface area contributed by atoms with Crippen molar-refractivity contribution in [3.05, 3.63) is 53.2 Å². The summed E-state index contributed by atoms with van der Waals surface area (Å²) < 4.78 is 64.0. The first-order valence-corrected chi connectivity index (χ1v) is 13.0. The Bertz CT molecular complexity index is 1240. The fourth-order valence-corrected chi connectivity index (χ4v) is 4.18. The molecule has 3 rings (SSSR count). The van der Waals surface area contributed by atoms with Gasteiger partial charge in [0.05, 0.1) is 11.9 Å². The Labute approximate surface area is 207 Å². The minimum absolute atomic E-state index is 0.216. The number of imide groups is 1. The molecular weight excluding hydrogens is 499 g/mol. The van der Waals surface area contributed by atoms with Gasteiger partial charge in [-0.3, -0.25) is 19.7 Å². The molecule has 1 fully saturated rings. The summed E-state index contributed by atoms with van der Waals surface area (Å²) in [5, 5.41) is 2.31. The van der Waals surface area contributed by atoms with Crippen molar-refractivity contribution in [3.63, 3.8) is 0 Å². The van der Waals surface area contributed by atoms with Gasteiger partial charge in [0.2, 0.25) is 0 Å². The number of halogens is 3. The van der Waals surface area contributed by atoms with E-state index in [0.717, 1.165) is 31.5 Å². The van der Waals surface area contributed by atoms with Crippen LogP contribution in [0.1, 0.15) is 56.6 Å². The molecule has 1 aromatic heterocycles. The number of nitrogens with zero attached hydrogens (tertiary/aromatic N) is 3. The van der Waals surface area contributed by atoms with Crippen LogP contribution in [-0.4, -0.2) is 46.9 Å². The highest BCUT2D eigenvalue weighted by atomic mass is 32.2. The van der Waals surface area contributed by atoms with E-state index in [-0.39, 0.29) is 17.9 Å². The Kier molecular flexibility index (Phi) is 8.43. The molecule has 196 valence electrons. The second-order valence-corrected chi connectivity index (χ2v) is 10.0. The number of anilines is 1. The number of carbonyl (C=O) groups is 2. The quantitative estimate of drug-likeness (QED) is 0.336. The summed E-state index contributed by atoms with van der Waals surface area (Å²) in [6.07, 6.45) is 7.24. The lowest BCUT2D eigenvalue weighted by Crippen LogP contribution is -2.29. The fraction of sp³-hybridized carbons (Fsp3) is 0.435. The van der Waals surface area contributed by atoms with Gasteiger partial charge in [-0.25, -0.2) is 9.78 Å². The predicted octanol–water partition coefficient (Wildman–Crippen LogP) is 4.23. The number of alkyl halides is 3. The number of urea groups is 1. The second kappa shape index (κ2) is 11.1. The summed E-state index contributed by atoms with van der Waals surface area (Å²) in [7, 11) is -5.52. The molecule has 1 aromatic carbocycles. The summed E-state index contributed by atoms with van der Waals surface area (Å²) in [5.74, 6) is 0.246. The Morgan fingerprint density at radius 1 is 1.08 bits per heavy atom. The monoisotopic (exact) mass is 527 g/mol. The van der Waals surface area contributed by atoms with E-state index >= 15 is 0 Å². The number of benzene rings is 1. The summed E-state index contributed by atoms with van der Waals surface area (Å²) in [4.78, 5) is 30.5. The van der Waals surface area contributed by atoms with Gasteiger partial charge in [0.25, 0.3) is 5.91 Å². The number of amides is 3. The largest absolute Gasteiger partial charge is 0.516 e. The third-order valence-electron chi connectivity index (χ3n) is 5.58. The van der Waals surface area contributed by atoms with Crippen LogP contribution in [0.15, 0.2) is 36.2 Å². The van der Waals surface area contributed by atoms with Crippen LogP contribution < -0.4 is 10.0 Å². The summed E-state index contributed by atoms with van der Waals surface area (Å²) in [6.45, 7) is 4.69. The molecule has 1 saturated heterocycles. The first kappa shape index (κ1) is 27.2. The van der Waals surface area contributed by atoms with E-state index in [1.165, 1.54) is 33.9 Å². The van der Waals surface area contributed by atoms with Crippen molar-refractivity contribution in [2.75, 3.05) is 11.3 Å². The fourth-order valence-electron chi connectivity index (χ4n) is 3.62. The zero-order chi connectivity index (χ0) is 26.5. The lowest BCUT2D eigenvalue weighted by atomic mass is 10.2. The maximum atomic E-state index is 12.6. The molecule has 2 N–H and O–H groups in total. The van der Waals surface area contributed by atoms with Crippen molar-refractivity contribution in [1.29, 1.82) is 0 Å². The average Bonchev–Trinajstić information content (AvgIpc) is 3.30. The van der Waals surface area contributed by atoms with Gasteiger partial charge in [0.15, 0.2) is 0 Å². The van der Waals surface area contributed by atoms with Crippen LogP contribution in [0.3, 0.4) is 0 Å². The first-order chi connectivity index (χ1) is 17.0. The molecule has 13 heteroatoms. The van der Waals surface area contributed by atoms with Gasteiger partial charge >= 0.3 is 21.6 Å². The maximum absolute atomic E-state index is 12.6. The average molecular weight is 528 g/mol. The van der Waals surface area contributed by atoms with Gasteiger partial charge in [-0.05, 0) is 36.6 Å². The summed E-state index contributed by atoms with van der Waals surface area (Å²) in [6, 6.07) is 5.03. The molecule has 0 spiro atoms. The van der Waals surface area contributed by atoms with Crippen LogP contribution in [0.25, 0.3) is 6.08 Å². The van der Waals surface area contributed by atoms with E-state index in [1.807, 2.05) is 18.4 Å². The number of nitrogens with one attached hydrogen (secondary N) is 2. The highest BCUT2D eigenvalue weighted by Crippen LogP contribution is 2.26. The molecule has 0 saturated carbocycles. The summed E-state index contributed by atoms with van der Waals surface area (Å²) >= 11 is 0. The Morgan fingerprint density at radius 2 is 1.75 bits per heavy atom. The number of carbonyl (C=O) groups excluding carboxylic acids is 2. The zero-order valence-corrected chi connectivity index (χ0v) is 20.7. The third kappa shape index (κ3) is 6.25. The third-order valence-corrected chi connectivity index (χ3v) is 6.70. The highest BCUT2D eigenvalue weighted by Gasteiger charge is 2.46. The van der Waals surface area contributed by atoms with Crippen molar-refractivity contribution in [2.45, 2.75) is 58.0 Å². The van der Waals surface area contributed by atoms with E-state index < -0.39 is 27.5 Å². The lowest BCUT2D eigenvalue weighted by Gasteiger charge is -2.16. The molecule has 0 radical (unpaired) electrons. The molecule has 1 aliphatic rings. The standard InChI is InChI=1S/C23H28F3N5O4S/c1-3-5-7-20-27-14-18(13-19-21(32)28-22(33)30(19)12-6-4-2)31(20)15-16-8-10-17(11-9-16)29-36(34,35)23(24,25)26/h8-11,13-14,29H,3-7,12,15H2,1-2H3,(H,28,32,33)/b19-13+. The predicted molar refractivity (Wildman–Crippen MR) is 128 cm³/mol. The van der Waals surface area contributed by atoms with E-state index in [0.29, 0.717) is 24.2 Å². The molecule has 36 heavy (non-hydrogen) atoms. The number of rotatable bonds is 11. The smallest absolute Gasteiger partial charge is 0.324 e. The molecule has 2 heterocycles. The van der Waals surface area contributed by atoms with E-state index in [2.05, 4.69) is 10.3 Å². The molecule has 9 nitrogen and oxygen atoms in total. The van der Waals surface area contributed by atoms with Gasteiger partial charge in [-0.2, -0.15) is 21.6 Å². The number of hydrogen-bond donors (Lipinski definition) is 2. The minimum Gasteiger partial charge on any atom is -0.324 e. The van der Waals surface area contributed by atoms with Crippen LogP contribution >= 0.6 is 0 Å². The van der Waals surface area contributed by atoms with Crippen LogP contribution in [0.4, 0.5) is 23.7 Å².